The van der Waals surface area contributed by atoms with Crippen LogP contribution in [0.25, 0.3) is 0 Å². The Kier molecular flexibility index (Phi) is 3.73. The molecule has 6 heteroatoms. The zero-order chi connectivity index (χ0) is 13.4. The van der Waals surface area contributed by atoms with Gasteiger partial charge in [0.15, 0.2) is 10.9 Å². The fourth-order valence-corrected chi connectivity index (χ4v) is 4.74. The molecule has 0 saturated heterocycles. The number of hydrogen-bond donors (Lipinski definition) is 0. The van der Waals surface area contributed by atoms with Gasteiger partial charge in [-0.15, -0.1) is 22.7 Å². The summed E-state index contributed by atoms with van der Waals surface area (Å²) >= 11 is 6.86. The first-order valence-corrected chi connectivity index (χ1v) is 8.59. The lowest BCUT2D eigenvalue weighted by Gasteiger charge is -2.13. The first kappa shape index (κ1) is 13.3. The molecule has 2 heterocycles. The number of rotatable bonds is 3. The minimum atomic E-state index is 0.205. The summed E-state index contributed by atoms with van der Waals surface area (Å²) < 4.78 is 1.12. The van der Waals surface area contributed by atoms with Crippen molar-refractivity contribution in [2.75, 3.05) is 11.9 Å². The van der Waals surface area contributed by atoms with Crippen LogP contribution >= 0.6 is 38.6 Å². The first-order chi connectivity index (χ1) is 9.13. The second kappa shape index (κ2) is 5.34. The van der Waals surface area contributed by atoms with Crippen molar-refractivity contribution >= 4 is 49.5 Å². The Morgan fingerprint density at radius 1 is 1.47 bits per heavy atom. The molecular formula is C13H13BrN2OS2. The van der Waals surface area contributed by atoms with Gasteiger partial charge in [0.25, 0.3) is 0 Å². The molecule has 0 amide bonds. The molecule has 0 atom stereocenters. The van der Waals surface area contributed by atoms with E-state index in [0.29, 0.717) is 12.1 Å². The summed E-state index contributed by atoms with van der Waals surface area (Å²) in [7, 11) is 2.03. The van der Waals surface area contributed by atoms with E-state index in [0.717, 1.165) is 33.9 Å². The molecule has 0 spiro atoms. The van der Waals surface area contributed by atoms with Crippen molar-refractivity contribution in [2.24, 2.45) is 0 Å². The van der Waals surface area contributed by atoms with E-state index in [-0.39, 0.29) is 5.78 Å². The van der Waals surface area contributed by atoms with Crippen molar-refractivity contribution in [1.82, 2.24) is 4.98 Å². The van der Waals surface area contributed by atoms with E-state index >= 15 is 0 Å². The molecule has 0 unspecified atom stereocenters. The third-order valence-corrected chi connectivity index (χ3v) is 6.01. The summed E-state index contributed by atoms with van der Waals surface area (Å²) in [6.45, 7) is 0.830. The number of Topliss-reactive ketones (excluding diaryl/α,β-unsaturated/α-hetero) is 1. The molecule has 2 aromatic heterocycles. The zero-order valence-electron chi connectivity index (χ0n) is 10.5. The van der Waals surface area contributed by atoms with Gasteiger partial charge in [0.2, 0.25) is 0 Å². The number of hydrogen-bond acceptors (Lipinski definition) is 5. The van der Waals surface area contributed by atoms with Crippen LogP contribution in [-0.2, 0) is 13.0 Å². The molecule has 19 heavy (non-hydrogen) atoms. The third-order valence-electron chi connectivity index (χ3n) is 3.10. The minimum Gasteiger partial charge on any atom is -0.346 e. The van der Waals surface area contributed by atoms with Gasteiger partial charge in [-0.1, -0.05) is 0 Å². The van der Waals surface area contributed by atoms with Crippen molar-refractivity contribution in [3.05, 3.63) is 31.4 Å². The van der Waals surface area contributed by atoms with Crippen molar-refractivity contribution in [1.29, 1.82) is 0 Å². The van der Waals surface area contributed by atoms with Crippen LogP contribution in [0.3, 0.4) is 0 Å². The van der Waals surface area contributed by atoms with Crippen molar-refractivity contribution in [3.8, 4) is 0 Å². The second-order valence-electron chi connectivity index (χ2n) is 4.63. The predicted molar refractivity (Wildman–Crippen MR) is 83.5 cm³/mol. The van der Waals surface area contributed by atoms with E-state index in [9.17, 15) is 4.79 Å². The van der Waals surface area contributed by atoms with Crippen LogP contribution in [0.4, 0.5) is 5.13 Å². The first-order valence-electron chi connectivity index (χ1n) is 6.10. The Morgan fingerprint density at radius 3 is 3.00 bits per heavy atom. The highest BCUT2D eigenvalue weighted by molar-refractivity contribution is 9.10. The fourth-order valence-electron chi connectivity index (χ4n) is 2.16. The van der Waals surface area contributed by atoms with E-state index < -0.39 is 0 Å². The maximum absolute atomic E-state index is 11.8. The lowest BCUT2D eigenvalue weighted by Crippen LogP contribution is -2.15. The molecule has 0 bridgehead atoms. The molecule has 0 fully saturated rings. The summed E-state index contributed by atoms with van der Waals surface area (Å²) in [5.41, 5.74) is 0.713. The summed E-state index contributed by atoms with van der Waals surface area (Å²) in [5, 5.41) is 3.03. The average molecular weight is 357 g/mol. The molecule has 0 saturated carbocycles. The van der Waals surface area contributed by atoms with Gasteiger partial charge in [-0.3, -0.25) is 4.79 Å². The van der Waals surface area contributed by atoms with Crippen molar-refractivity contribution in [3.63, 3.8) is 0 Å². The molecule has 3 rings (SSSR count). The molecule has 0 N–H and O–H groups in total. The van der Waals surface area contributed by atoms with Crippen LogP contribution in [0, 0.1) is 0 Å². The number of fused-ring (bicyclic) bond motifs is 1. The van der Waals surface area contributed by atoms with Gasteiger partial charge in [0.05, 0.1) is 6.54 Å². The zero-order valence-corrected chi connectivity index (χ0v) is 13.7. The average Bonchev–Trinajstić information content (AvgIpc) is 2.96. The highest BCUT2D eigenvalue weighted by Crippen LogP contribution is 2.32. The van der Waals surface area contributed by atoms with Crippen LogP contribution in [0.15, 0.2) is 15.9 Å². The number of carbonyl (C=O) groups is 1. The highest BCUT2D eigenvalue weighted by atomic mass is 79.9. The maximum Gasteiger partial charge on any atom is 0.186 e. The SMILES string of the molecule is CN(Cc1cc(Br)cs1)c1nc2c(s1)CCCC2=O. The Morgan fingerprint density at radius 2 is 2.32 bits per heavy atom. The number of aryl methyl sites for hydroxylation is 1. The standard InChI is InChI=1S/C13H13BrN2OS2/c1-16(6-9-5-8(14)7-18-9)13-15-12-10(17)3-2-4-11(12)19-13/h5,7H,2-4,6H2,1H3. The van der Waals surface area contributed by atoms with Crippen molar-refractivity contribution < 1.29 is 4.79 Å². The van der Waals surface area contributed by atoms with Gasteiger partial charge < -0.3 is 4.90 Å². The maximum atomic E-state index is 11.8. The van der Waals surface area contributed by atoms with E-state index in [4.69, 9.17) is 0 Å². The lowest BCUT2D eigenvalue weighted by atomic mass is 10.0. The van der Waals surface area contributed by atoms with Gasteiger partial charge >= 0.3 is 0 Å². The van der Waals surface area contributed by atoms with Gasteiger partial charge in [-0.25, -0.2) is 4.98 Å². The summed E-state index contributed by atoms with van der Waals surface area (Å²) in [4.78, 5) is 20.9. The summed E-state index contributed by atoms with van der Waals surface area (Å²) in [6.07, 6.45) is 2.62. The third kappa shape index (κ3) is 2.75. The van der Waals surface area contributed by atoms with Crippen LogP contribution in [0.1, 0.15) is 33.1 Å². The molecule has 1 aliphatic carbocycles. The van der Waals surface area contributed by atoms with Gasteiger partial charge in [0.1, 0.15) is 5.69 Å². The summed E-state index contributed by atoms with van der Waals surface area (Å²) in [5.74, 6) is 0.205. The largest absolute Gasteiger partial charge is 0.346 e. The van der Waals surface area contributed by atoms with E-state index in [1.165, 1.54) is 4.88 Å². The smallest absolute Gasteiger partial charge is 0.186 e. The summed E-state index contributed by atoms with van der Waals surface area (Å²) in [6, 6.07) is 2.12. The molecule has 0 aliphatic heterocycles. The molecule has 0 radical (unpaired) electrons. The highest BCUT2D eigenvalue weighted by Gasteiger charge is 2.23. The van der Waals surface area contributed by atoms with Crippen LogP contribution in [-0.4, -0.2) is 17.8 Å². The normalized spacial score (nSPS) is 14.5. The number of anilines is 1. The second-order valence-corrected chi connectivity index (χ2v) is 7.61. The Hall–Kier alpha value is -0.720. The molecule has 2 aromatic rings. The predicted octanol–water partition coefficient (Wildman–Crippen LogP) is 4.12. The van der Waals surface area contributed by atoms with E-state index in [1.807, 2.05) is 7.05 Å². The number of halogens is 1. The van der Waals surface area contributed by atoms with Crippen LogP contribution < -0.4 is 4.90 Å². The molecule has 100 valence electrons. The Balaban J connectivity index is 1.80. The number of nitrogens with zero attached hydrogens (tertiary/aromatic N) is 2. The van der Waals surface area contributed by atoms with Crippen molar-refractivity contribution in [2.45, 2.75) is 25.8 Å². The number of thiophene rings is 1. The fraction of sp³-hybridized carbons (Fsp3) is 0.385. The Labute approximate surface area is 128 Å². The number of carbonyl (C=O) groups excluding carboxylic acids is 1. The van der Waals surface area contributed by atoms with Crippen LogP contribution in [0.5, 0.6) is 0 Å². The topological polar surface area (TPSA) is 33.2 Å². The van der Waals surface area contributed by atoms with Gasteiger partial charge in [0, 0.05) is 33.1 Å². The number of aromatic nitrogens is 1. The molecule has 3 nitrogen and oxygen atoms in total. The minimum absolute atomic E-state index is 0.205. The Bertz CT molecular complexity index is 620. The molecule has 0 aromatic carbocycles. The monoisotopic (exact) mass is 356 g/mol. The number of thiazole rings is 1. The van der Waals surface area contributed by atoms with Gasteiger partial charge in [-0.05, 0) is 34.8 Å². The number of ketones is 1. The van der Waals surface area contributed by atoms with E-state index in [2.05, 4.69) is 37.3 Å². The lowest BCUT2D eigenvalue weighted by molar-refractivity contribution is 0.0968. The van der Waals surface area contributed by atoms with E-state index in [1.54, 1.807) is 22.7 Å². The van der Waals surface area contributed by atoms with Gasteiger partial charge in [-0.2, -0.15) is 0 Å². The molecule has 1 aliphatic rings. The quantitative estimate of drug-likeness (QED) is 0.828. The molecular weight excluding hydrogens is 344 g/mol. The van der Waals surface area contributed by atoms with Crippen LogP contribution in [0.2, 0.25) is 0 Å².